The molecule has 0 amide bonds. The van der Waals surface area contributed by atoms with Gasteiger partial charge in [0, 0.05) is 19.2 Å². The maximum absolute atomic E-state index is 10.2. The van der Waals surface area contributed by atoms with Gasteiger partial charge in [-0.15, -0.1) is 10.2 Å². The molecule has 9 heteroatoms. The van der Waals surface area contributed by atoms with Crippen molar-refractivity contribution in [3.05, 3.63) is 53.7 Å². The van der Waals surface area contributed by atoms with Crippen LogP contribution in [0.25, 0.3) is 11.3 Å². The molecule has 2 N–H and O–H groups in total. The fourth-order valence-corrected chi connectivity index (χ4v) is 2.95. The largest absolute Gasteiger partial charge is 0.386 e. The number of anilines is 1. The Bertz CT molecular complexity index is 1190. The summed E-state index contributed by atoms with van der Waals surface area (Å²) in [7, 11) is 1.82. The molecule has 0 atom stereocenters. The van der Waals surface area contributed by atoms with Crippen LogP contribution in [0.4, 0.5) is 5.82 Å². The van der Waals surface area contributed by atoms with Crippen molar-refractivity contribution in [1.29, 1.82) is 0 Å². The van der Waals surface area contributed by atoms with Crippen LogP contribution in [0.3, 0.4) is 0 Å². The molecule has 0 spiro atoms. The summed E-state index contributed by atoms with van der Waals surface area (Å²) in [4.78, 5) is 14.0. The number of hydrogen-bond acceptors (Lipinski definition) is 7. The number of aromatic nitrogens is 6. The lowest BCUT2D eigenvalue weighted by Crippen LogP contribution is -2.16. The lowest BCUT2D eigenvalue weighted by atomic mass is 10.0. The first-order valence-electron chi connectivity index (χ1n) is 9.92. The van der Waals surface area contributed by atoms with E-state index in [1.807, 2.05) is 48.1 Å². The molecule has 4 heterocycles. The molecule has 0 aliphatic heterocycles. The molecule has 4 aromatic rings. The van der Waals surface area contributed by atoms with Crippen molar-refractivity contribution in [3.63, 3.8) is 0 Å². The molecule has 0 bridgehead atoms. The fourth-order valence-electron chi connectivity index (χ4n) is 2.95. The van der Waals surface area contributed by atoms with Gasteiger partial charge in [-0.25, -0.2) is 9.50 Å². The molecule has 0 saturated heterocycles. The molecule has 1 saturated carbocycles. The Hall–Kier alpha value is -3.33. The van der Waals surface area contributed by atoms with E-state index in [0.717, 1.165) is 53.3 Å². The molecule has 1 aliphatic rings. The van der Waals surface area contributed by atoms with Crippen LogP contribution in [0, 0.1) is 5.92 Å². The second-order valence-corrected chi connectivity index (χ2v) is 7.98. The Morgan fingerprint density at radius 2 is 1.93 bits per heavy atom. The summed E-state index contributed by atoms with van der Waals surface area (Å²) < 4.78 is 3.64. The van der Waals surface area contributed by atoms with Crippen LogP contribution in [0.2, 0.25) is 0 Å². The van der Waals surface area contributed by atoms with E-state index >= 15 is 0 Å². The highest BCUT2D eigenvalue weighted by Crippen LogP contribution is 2.25. The van der Waals surface area contributed by atoms with Crippen molar-refractivity contribution in [3.8, 4) is 0 Å². The molecule has 0 unspecified atom stereocenters. The van der Waals surface area contributed by atoms with Gasteiger partial charge in [-0.3, -0.25) is 4.40 Å². The molecule has 0 aromatic carbocycles. The topological polar surface area (TPSA) is 110 Å². The standard InChI is InChI=1S/C17H19N7O.C4H6O/c1-17(2,25)11-4-6-15-20-21-16(23(15)9-11)8-12-5-7-14-19-13(18-3)10-24(14)22-12;5-3-4-1-2-4/h4-7,9-10,18,25H,8H2,1-3H3;3-4H,1-2H2. The van der Waals surface area contributed by atoms with Gasteiger partial charge in [-0.05, 0) is 50.5 Å². The average molecular weight is 407 g/mol. The highest BCUT2D eigenvalue weighted by Gasteiger charge is 2.19. The van der Waals surface area contributed by atoms with Gasteiger partial charge in [0.2, 0.25) is 0 Å². The second-order valence-electron chi connectivity index (χ2n) is 7.98. The molecule has 30 heavy (non-hydrogen) atoms. The third-order valence-electron chi connectivity index (χ3n) is 4.96. The first-order chi connectivity index (χ1) is 14.4. The van der Waals surface area contributed by atoms with Gasteiger partial charge in [-0.1, -0.05) is 6.07 Å². The number of fused-ring (bicyclic) bond motifs is 2. The fraction of sp³-hybridized carbons (Fsp3) is 0.381. The lowest BCUT2D eigenvalue weighted by molar-refractivity contribution is -0.108. The number of pyridine rings is 1. The summed E-state index contributed by atoms with van der Waals surface area (Å²) in [6.45, 7) is 3.51. The summed E-state index contributed by atoms with van der Waals surface area (Å²) in [6.07, 6.45) is 7.55. The van der Waals surface area contributed by atoms with Crippen molar-refractivity contribution in [1.82, 2.24) is 29.2 Å². The Balaban J connectivity index is 0.000000383. The molecule has 1 aliphatic carbocycles. The van der Waals surface area contributed by atoms with E-state index in [2.05, 4.69) is 25.6 Å². The summed E-state index contributed by atoms with van der Waals surface area (Å²) in [5.74, 6) is 1.99. The van der Waals surface area contributed by atoms with E-state index in [1.54, 1.807) is 18.4 Å². The maximum Gasteiger partial charge on any atom is 0.160 e. The average Bonchev–Trinajstić information content (AvgIpc) is 3.36. The molecular formula is C21H25N7O2. The van der Waals surface area contributed by atoms with E-state index < -0.39 is 5.60 Å². The first-order valence-corrected chi connectivity index (χ1v) is 9.92. The smallest absolute Gasteiger partial charge is 0.160 e. The van der Waals surface area contributed by atoms with Gasteiger partial charge >= 0.3 is 0 Å². The van der Waals surface area contributed by atoms with Crippen LogP contribution in [0.15, 0.2) is 36.7 Å². The number of nitrogens with zero attached hydrogens (tertiary/aromatic N) is 6. The van der Waals surface area contributed by atoms with Crippen LogP contribution in [0.5, 0.6) is 0 Å². The third-order valence-corrected chi connectivity index (χ3v) is 4.96. The van der Waals surface area contributed by atoms with Crippen molar-refractivity contribution in [2.24, 2.45) is 5.92 Å². The minimum Gasteiger partial charge on any atom is -0.386 e. The number of hydrogen-bond donors (Lipinski definition) is 2. The second kappa shape index (κ2) is 7.83. The summed E-state index contributed by atoms with van der Waals surface area (Å²) in [6, 6.07) is 7.58. The Morgan fingerprint density at radius 3 is 2.57 bits per heavy atom. The van der Waals surface area contributed by atoms with Crippen molar-refractivity contribution in [2.75, 3.05) is 12.4 Å². The van der Waals surface area contributed by atoms with E-state index in [4.69, 9.17) is 0 Å². The van der Waals surface area contributed by atoms with Crippen molar-refractivity contribution >= 4 is 23.4 Å². The monoisotopic (exact) mass is 407 g/mol. The third kappa shape index (κ3) is 4.30. The predicted molar refractivity (Wildman–Crippen MR) is 112 cm³/mol. The predicted octanol–water partition coefficient (Wildman–Crippen LogP) is 2.23. The molecular weight excluding hydrogens is 382 g/mol. The Morgan fingerprint density at radius 1 is 1.17 bits per heavy atom. The van der Waals surface area contributed by atoms with Crippen molar-refractivity contribution in [2.45, 2.75) is 38.7 Å². The highest BCUT2D eigenvalue weighted by atomic mass is 16.3. The first kappa shape index (κ1) is 20.0. The normalized spacial score (nSPS) is 13.9. The SMILES string of the molecule is CNc1cn2nc(Cc3nnc4ccc(C(C)(C)O)cn34)ccc2n1.O=CC1CC1. The van der Waals surface area contributed by atoms with Gasteiger partial charge in [-0.2, -0.15) is 5.10 Å². The number of aldehydes is 1. The zero-order valence-electron chi connectivity index (χ0n) is 17.3. The van der Waals surface area contributed by atoms with Gasteiger partial charge in [0.15, 0.2) is 11.3 Å². The van der Waals surface area contributed by atoms with Gasteiger partial charge < -0.3 is 15.2 Å². The van der Waals surface area contributed by atoms with Gasteiger partial charge in [0.05, 0.1) is 23.9 Å². The van der Waals surface area contributed by atoms with Crippen LogP contribution >= 0.6 is 0 Å². The zero-order chi connectivity index (χ0) is 21.3. The molecule has 156 valence electrons. The maximum atomic E-state index is 10.2. The summed E-state index contributed by atoms with van der Waals surface area (Å²) in [5.41, 5.74) is 2.26. The number of rotatable bonds is 5. The molecule has 9 nitrogen and oxygen atoms in total. The Kier molecular flexibility index (Phi) is 5.21. The molecule has 5 rings (SSSR count). The van der Waals surface area contributed by atoms with Crippen LogP contribution < -0.4 is 5.32 Å². The summed E-state index contributed by atoms with van der Waals surface area (Å²) >= 11 is 0. The van der Waals surface area contributed by atoms with Crippen molar-refractivity contribution < 1.29 is 9.90 Å². The quantitative estimate of drug-likeness (QED) is 0.488. The van der Waals surface area contributed by atoms with Crippen LogP contribution in [-0.4, -0.2) is 47.6 Å². The van der Waals surface area contributed by atoms with E-state index in [1.165, 1.54) is 0 Å². The Labute approximate surface area is 173 Å². The minimum absolute atomic E-state index is 0.454. The highest BCUT2D eigenvalue weighted by molar-refractivity contribution is 5.56. The summed E-state index contributed by atoms with van der Waals surface area (Å²) in [5, 5.41) is 26.3. The van der Waals surface area contributed by atoms with Crippen LogP contribution in [-0.2, 0) is 16.8 Å². The number of imidazole rings is 1. The van der Waals surface area contributed by atoms with Crippen LogP contribution in [0.1, 0.15) is 43.8 Å². The number of aliphatic hydroxyl groups is 1. The zero-order valence-corrected chi connectivity index (χ0v) is 17.3. The van der Waals surface area contributed by atoms with Gasteiger partial charge in [0.1, 0.15) is 17.9 Å². The van der Waals surface area contributed by atoms with E-state index in [0.29, 0.717) is 12.3 Å². The number of carbonyl (C=O) groups is 1. The van der Waals surface area contributed by atoms with E-state index in [9.17, 15) is 9.90 Å². The lowest BCUT2D eigenvalue weighted by Gasteiger charge is -2.17. The van der Waals surface area contributed by atoms with E-state index in [-0.39, 0.29) is 0 Å². The van der Waals surface area contributed by atoms with Gasteiger partial charge in [0.25, 0.3) is 0 Å². The molecule has 4 aromatic heterocycles. The minimum atomic E-state index is -0.923. The number of nitrogens with one attached hydrogen (secondary N) is 1. The number of carbonyl (C=O) groups excluding carboxylic acids is 1. The molecule has 0 radical (unpaired) electrons. The molecule has 1 fully saturated rings.